The molecule has 0 spiro atoms. The number of ether oxygens (including phenoxy) is 2. The second-order valence-corrected chi connectivity index (χ2v) is 6.78. The largest absolute Gasteiger partial charge is 0.490 e. The van der Waals surface area contributed by atoms with Crippen molar-refractivity contribution in [2.45, 2.75) is 20.8 Å². The molecule has 0 radical (unpaired) electrons. The van der Waals surface area contributed by atoms with Gasteiger partial charge in [0.1, 0.15) is 0 Å². The maximum Gasteiger partial charge on any atom is 0.293 e. The molecule has 1 fully saturated rings. The van der Waals surface area contributed by atoms with E-state index in [0.717, 1.165) is 20.9 Å². The zero-order valence-corrected chi connectivity index (χ0v) is 16.2. The smallest absolute Gasteiger partial charge is 0.293 e. The third kappa shape index (κ3) is 4.00. The van der Waals surface area contributed by atoms with E-state index >= 15 is 0 Å². The Morgan fingerprint density at radius 2 is 1.87 bits per heavy atom. The number of hydrogen-bond acceptors (Lipinski definition) is 5. The fourth-order valence-corrected chi connectivity index (χ4v) is 3.83. The number of thioether (sulfide) groups is 1. The minimum absolute atomic E-state index is 0.227. The van der Waals surface area contributed by atoms with Gasteiger partial charge in [-0.05, 0) is 78.9 Å². The Balaban J connectivity index is 2.39. The van der Waals surface area contributed by atoms with E-state index in [1.165, 1.54) is 4.90 Å². The van der Waals surface area contributed by atoms with Crippen molar-refractivity contribution in [3.63, 3.8) is 0 Å². The van der Waals surface area contributed by atoms with E-state index in [0.29, 0.717) is 36.2 Å². The van der Waals surface area contributed by atoms with Gasteiger partial charge in [0, 0.05) is 6.54 Å². The molecule has 1 aromatic carbocycles. The first-order valence-corrected chi connectivity index (χ1v) is 9.25. The van der Waals surface area contributed by atoms with Gasteiger partial charge in [0.05, 0.1) is 21.7 Å². The molecule has 5 nitrogen and oxygen atoms in total. The van der Waals surface area contributed by atoms with Gasteiger partial charge in [0.25, 0.3) is 11.1 Å². The first-order chi connectivity index (χ1) is 11.0. The molecule has 0 unspecified atom stereocenters. The third-order valence-corrected chi connectivity index (χ3v) is 4.82. The minimum Gasteiger partial charge on any atom is -0.490 e. The number of amides is 2. The van der Waals surface area contributed by atoms with E-state index in [-0.39, 0.29) is 11.1 Å². The van der Waals surface area contributed by atoms with Crippen molar-refractivity contribution in [3.05, 3.63) is 26.2 Å². The summed E-state index contributed by atoms with van der Waals surface area (Å²) in [6.45, 7) is 7.05. The van der Waals surface area contributed by atoms with E-state index in [2.05, 4.69) is 22.6 Å². The van der Waals surface area contributed by atoms with Crippen molar-refractivity contribution in [2.24, 2.45) is 0 Å². The Morgan fingerprint density at radius 3 is 2.43 bits per heavy atom. The van der Waals surface area contributed by atoms with Crippen LogP contribution in [0, 0.1) is 3.57 Å². The van der Waals surface area contributed by atoms with Crippen LogP contribution in [0.4, 0.5) is 4.79 Å². The average Bonchev–Trinajstić information content (AvgIpc) is 2.77. The van der Waals surface area contributed by atoms with Crippen LogP contribution < -0.4 is 9.47 Å². The first-order valence-electron chi connectivity index (χ1n) is 7.36. The molecule has 23 heavy (non-hydrogen) atoms. The zero-order valence-electron chi connectivity index (χ0n) is 13.2. The molecular formula is C16H18INO4S. The second kappa shape index (κ2) is 8.05. The number of halogens is 1. The van der Waals surface area contributed by atoms with Gasteiger partial charge in [-0.25, -0.2) is 0 Å². The van der Waals surface area contributed by atoms with Crippen LogP contribution in [0.2, 0.25) is 0 Å². The Labute approximate surface area is 153 Å². The van der Waals surface area contributed by atoms with Gasteiger partial charge in [0.15, 0.2) is 11.5 Å². The van der Waals surface area contributed by atoms with E-state index < -0.39 is 0 Å². The molecular weight excluding hydrogens is 429 g/mol. The van der Waals surface area contributed by atoms with Crippen LogP contribution in [-0.2, 0) is 4.79 Å². The van der Waals surface area contributed by atoms with E-state index in [9.17, 15) is 9.59 Å². The lowest BCUT2D eigenvalue weighted by atomic mass is 10.2. The van der Waals surface area contributed by atoms with Crippen LogP contribution in [0.5, 0.6) is 11.5 Å². The highest BCUT2D eigenvalue weighted by molar-refractivity contribution is 14.1. The molecule has 7 heteroatoms. The predicted octanol–water partition coefficient (Wildman–Crippen LogP) is 4.14. The van der Waals surface area contributed by atoms with Gasteiger partial charge in [-0.1, -0.05) is 0 Å². The number of carbonyl (C=O) groups excluding carboxylic acids is 2. The van der Waals surface area contributed by atoms with Crippen LogP contribution >= 0.6 is 34.4 Å². The second-order valence-electron chi connectivity index (χ2n) is 4.62. The predicted molar refractivity (Wildman–Crippen MR) is 99.8 cm³/mol. The van der Waals surface area contributed by atoms with Crippen molar-refractivity contribution in [2.75, 3.05) is 19.8 Å². The fourth-order valence-electron chi connectivity index (χ4n) is 2.14. The summed E-state index contributed by atoms with van der Waals surface area (Å²) in [6.07, 6.45) is 1.72. The van der Waals surface area contributed by atoms with Crippen LogP contribution in [0.15, 0.2) is 17.0 Å². The van der Waals surface area contributed by atoms with Gasteiger partial charge in [0.2, 0.25) is 0 Å². The maximum absolute atomic E-state index is 12.2. The number of rotatable bonds is 6. The number of benzene rings is 1. The Morgan fingerprint density at radius 1 is 1.17 bits per heavy atom. The molecule has 0 aromatic heterocycles. The molecule has 2 rings (SSSR count). The molecule has 1 aliphatic heterocycles. The lowest BCUT2D eigenvalue weighted by Crippen LogP contribution is -2.27. The van der Waals surface area contributed by atoms with Crippen molar-refractivity contribution in [1.82, 2.24) is 4.90 Å². The molecule has 1 saturated heterocycles. The van der Waals surface area contributed by atoms with Crippen LogP contribution in [0.3, 0.4) is 0 Å². The summed E-state index contributed by atoms with van der Waals surface area (Å²) in [6, 6.07) is 3.74. The maximum atomic E-state index is 12.2. The van der Waals surface area contributed by atoms with Crippen molar-refractivity contribution < 1.29 is 19.1 Å². The lowest BCUT2D eigenvalue weighted by Gasteiger charge is -2.13. The fraction of sp³-hybridized carbons (Fsp3) is 0.375. The molecule has 1 aromatic rings. The number of likely N-dealkylation sites (N-methyl/N-ethyl adjacent to an activating group) is 1. The molecule has 0 N–H and O–H groups in total. The molecule has 1 aliphatic rings. The summed E-state index contributed by atoms with van der Waals surface area (Å²) in [5.74, 6) is 1.10. The van der Waals surface area contributed by atoms with Crippen molar-refractivity contribution in [1.29, 1.82) is 0 Å². The summed E-state index contributed by atoms with van der Waals surface area (Å²) in [4.78, 5) is 25.6. The summed E-state index contributed by atoms with van der Waals surface area (Å²) >= 11 is 3.14. The molecule has 124 valence electrons. The molecule has 0 atom stereocenters. The van der Waals surface area contributed by atoms with E-state index in [1.54, 1.807) is 13.0 Å². The number of hydrogen-bond donors (Lipinski definition) is 0. The van der Waals surface area contributed by atoms with Gasteiger partial charge in [-0.2, -0.15) is 0 Å². The Bertz CT molecular complexity index is 660. The summed E-state index contributed by atoms with van der Waals surface area (Å²) in [7, 11) is 0. The summed E-state index contributed by atoms with van der Waals surface area (Å²) in [5.41, 5.74) is 0.808. The van der Waals surface area contributed by atoms with Crippen molar-refractivity contribution >= 4 is 51.6 Å². The third-order valence-electron chi connectivity index (χ3n) is 3.11. The molecule has 0 bridgehead atoms. The zero-order chi connectivity index (χ0) is 17.0. The topological polar surface area (TPSA) is 55.8 Å². The highest BCUT2D eigenvalue weighted by Gasteiger charge is 2.33. The van der Waals surface area contributed by atoms with Crippen LogP contribution in [0.25, 0.3) is 6.08 Å². The van der Waals surface area contributed by atoms with Gasteiger partial charge < -0.3 is 9.47 Å². The highest BCUT2D eigenvalue weighted by Crippen LogP contribution is 2.37. The van der Waals surface area contributed by atoms with Gasteiger partial charge >= 0.3 is 0 Å². The Kier molecular flexibility index (Phi) is 6.34. The number of imide groups is 1. The summed E-state index contributed by atoms with van der Waals surface area (Å²) in [5, 5.41) is -0.227. The highest BCUT2D eigenvalue weighted by atomic mass is 127. The molecule has 0 saturated carbocycles. The minimum atomic E-state index is -0.246. The van der Waals surface area contributed by atoms with Gasteiger partial charge in [-0.3, -0.25) is 14.5 Å². The standard InChI is InChI=1S/C16H18INO4S/c1-4-18-15(19)13(23-16(18)20)9-10-7-11(17)14(22-6-3)12(8-10)21-5-2/h7-9H,4-6H2,1-3H3/b13-9+. The summed E-state index contributed by atoms with van der Waals surface area (Å²) < 4.78 is 12.2. The van der Waals surface area contributed by atoms with E-state index in [1.807, 2.05) is 26.0 Å². The molecule has 0 aliphatic carbocycles. The Hall–Kier alpha value is -1.22. The first kappa shape index (κ1) is 18.1. The average molecular weight is 447 g/mol. The number of nitrogens with zero attached hydrogens (tertiary/aromatic N) is 1. The van der Waals surface area contributed by atoms with E-state index in [4.69, 9.17) is 9.47 Å². The van der Waals surface area contributed by atoms with Crippen molar-refractivity contribution in [3.8, 4) is 11.5 Å². The lowest BCUT2D eigenvalue weighted by molar-refractivity contribution is -0.122. The quantitative estimate of drug-likeness (QED) is 0.485. The molecule has 1 heterocycles. The van der Waals surface area contributed by atoms with Gasteiger partial charge in [-0.15, -0.1) is 0 Å². The molecule has 2 amide bonds. The SMILES string of the molecule is CCOc1cc(/C=C2/SC(=O)N(CC)C2=O)cc(I)c1OCC. The monoisotopic (exact) mass is 447 g/mol. The van der Waals surface area contributed by atoms with Crippen LogP contribution in [-0.4, -0.2) is 35.8 Å². The van der Waals surface area contributed by atoms with Crippen LogP contribution in [0.1, 0.15) is 26.3 Å². The normalized spacial score (nSPS) is 16.3. The number of carbonyl (C=O) groups is 2.